The Morgan fingerprint density at radius 3 is 2.50 bits per heavy atom. The van der Waals surface area contributed by atoms with E-state index < -0.39 is 10.9 Å². The fourth-order valence-electron chi connectivity index (χ4n) is 2.44. The minimum Gasteiger partial charge on any atom is -0.595 e. The SMILES string of the molecule is Cc1c(-c2ccc([NH+]([O-])O)cc2)c(=O)oc2ccc(Cl)cc12. The summed E-state index contributed by atoms with van der Waals surface area (Å²) in [7, 11) is 0. The third-order valence-electron chi connectivity index (χ3n) is 3.55. The molecule has 112 valence electrons. The first-order valence-corrected chi connectivity index (χ1v) is 6.92. The quantitative estimate of drug-likeness (QED) is 0.563. The highest BCUT2D eigenvalue weighted by Crippen LogP contribution is 2.28. The molecule has 2 N–H and O–H groups in total. The van der Waals surface area contributed by atoms with Crippen molar-refractivity contribution < 1.29 is 14.9 Å². The summed E-state index contributed by atoms with van der Waals surface area (Å²) >= 11 is 6.00. The molecule has 6 heteroatoms. The summed E-state index contributed by atoms with van der Waals surface area (Å²) in [6, 6.07) is 11.2. The molecule has 1 heterocycles. The second-order valence-corrected chi connectivity index (χ2v) is 5.35. The van der Waals surface area contributed by atoms with E-state index in [1.807, 2.05) is 6.92 Å². The zero-order valence-corrected chi connectivity index (χ0v) is 12.3. The molecule has 0 aliphatic rings. The highest BCUT2D eigenvalue weighted by atomic mass is 35.5. The molecule has 0 fully saturated rings. The van der Waals surface area contributed by atoms with Gasteiger partial charge in [-0.05, 0) is 48.4 Å². The molecule has 1 aromatic heterocycles. The van der Waals surface area contributed by atoms with Crippen LogP contribution in [0.5, 0.6) is 0 Å². The first-order valence-electron chi connectivity index (χ1n) is 6.54. The summed E-state index contributed by atoms with van der Waals surface area (Å²) < 4.78 is 5.33. The van der Waals surface area contributed by atoms with Crippen molar-refractivity contribution in [2.24, 2.45) is 0 Å². The van der Waals surface area contributed by atoms with Crippen molar-refractivity contribution >= 4 is 28.3 Å². The molecular weight excluding hydrogens is 306 g/mol. The number of fused-ring (bicyclic) bond motifs is 1. The average Bonchev–Trinajstić information content (AvgIpc) is 2.49. The maximum atomic E-state index is 12.2. The van der Waals surface area contributed by atoms with E-state index in [1.165, 1.54) is 12.1 Å². The van der Waals surface area contributed by atoms with Crippen molar-refractivity contribution in [2.75, 3.05) is 0 Å². The minimum absolute atomic E-state index is 0.162. The van der Waals surface area contributed by atoms with E-state index in [-0.39, 0.29) is 5.69 Å². The largest absolute Gasteiger partial charge is 0.595 e. The van der Waals surface area contributed by atoms with E-state index in [0.717, 1.165) is 10.9 Å². The van der Waals surface area contributed by atoms with Crippen molar-refractivity contribution in [2.45, 2.75) is 6.92 Å². The van der Waals surface area contributed by atoms with E-state index >= 15 is 0 Å². The minimum atomic E-state index is -1.01. The Labute approximate surface area is 130 Å². The Balaban J connectivity index is 2.24. The average molecular weight is 318 g/mol. The van der Waals surface area contributed by atoms with Gasteiger partial charge in [-0.3, -0.25) is 0 Å². The van der Waals surface area contributed by atoms with Crippen LogP contribution in [0, 0.1) is 12.1 Å². The van der Waals surface area contributed by atoms with Crippen LogP contribution in [-0.2, 0) is 0 Å². The number of nitrogens with one attached hydrogen (secondary N) is 1. The fourth-order valence-corrected chi connectivity index (χ4v) is 2.61. The molecule has 5 nitrogen and oxygen atoms in total. The molecule has 0 amide bonds. The number of quaternary nitrogens is 1. The fraction of sp³-hybridized carbons (Fsp3) is 0.0625. The zero-order chi connectivity index (χ0) is 15.9. The predicted octanol–water partition coefficient (Wildman–Crippen LogP) is 2.83. The molecule has 3 aromatic rings. The normalized spacial score (nSPS) is 12.5. The maximum Gasteiger partial charge on any atom is 0.344 e. The third kappa shape index (κ3) is 2.51. The topological polar surface area (TPSA) is 77.9 Å². The number of hydrogen-bond acceptors (Lipinski definition) is 4. The molecule has 0 aliphatic carbocycles. The van der Waals surface area contributed by atoms with Crippen LogP contribution in [-0.4, -0.2) is 5.21 Å². The Hall–Kier alpha value is -2.18. The van der Waals surface area contributed by atoms with Gasteiger partial charge in [0.25, 0.3) is 0 Å². The maximum absolute atomic E-state index is 12.2. The monoisotopic (exact) mass is 317 g/mol. The smallest absolute Gasteiger partial charge is 0.344 e. The predicted molar refractivity (Wildman–Crippen MR) is 83.4 cm³/mol. The van der Waals surface area contributed by atoms with E-state index in [9.17, 15) is 10.0 Å². The van der Waals surface area contributed by atoms with Gasteiger partial charge in [-0.2, -0.15) is 5.23 Å². The van der Waals surface area contributed by atoms with Gasteiger partial charge in [0.05, 0.1) is 5.56 Å². The molecule has 0 saturated heterocycles. The van der Waals surface area contributed by atoms with Crippen LogP contribution in [0.4, 0.5) is 5.69 Å². The van der Waals surface area contributed by atoms with Crippen LogP contribution < -0.4 is 10.9 Å². The molecule has 0 bridgehead atoms. The van der Waals surface area contributed by atoms with Crippen LogP contribution in [0.2, 0.25) is 5.02 Å². The number of hydrogen-bond donors (Lipinski definition) is 2. The number of halogens is 1. The van der Waals surface area contributed by atoms with Crippen molar-refractivity contribution in [1.29, 1.82) is 0 Å². The number of benzene rings is 2. The zero-order valence-electron chi connectivity index (χ0n) is 11.6. The van der Waals surface area contributed by atoms with Crippen molar-refractivity contribution in [3.8, 4) is 11.1 Å². The van der Waals surface area contributed by atoms with Crippen LogP contribution in [0.25, 0.3) is 22.1 Å². The van der Waals surface area contributed by atoms with Gasteiger partial charge in [0.15, 0.2) is 5.69 Å². The summed E-state index contributed by atoms with van der Waals surface area (Å²) in [4.78, 5) is 12.2. The summed E-state index contributed by atoms with van der Waals surface area (Å²) in [5.74, 6) is 0. The second-order valence-electron chi connectivity index (χ2n) is 4.91. The molecular formula is C16H12ClNO4. The van der Waals surface area contributed by atoms with Crippen LogP contribution >= 0.6 is 11.6 Å². The van der Waals surface area contributed by atoms with Gasteiger partial charge in [0.1, 0.15) is 5.58 Å². The van der Waals surface area contributed by atoms with Crippen molar-refractivity contribution in [1.82, 2.24) is 0 Å². The van der Waals surface area contributed by atoms with Crippen LogP contribution in [0.15, 0.2) is 51.7 Å². The van der Waals surface area contributed by atoms with Crippen molar-refractivity contribution in [3.05, 3.63) is 68.7 Å². The Morgan fingerprint density at radius 2 is 1.86 bits per heavy atom. The molecule has 3 rings (SSSR count). The number of aryl methyl sites for hydroxylation is 1. The number of rotatable bonds is 2. The van der Waals surface area contributed by atoms with Gasteiger partial charge >= 0.3 is 5.63 Å². The summed E-state index contributed by atoms with van der Waals surface area (Å²) in [6.07, 6.45) is 0. The standard InChI is InChI=1S/C16H12ClNO4/c1-9-13-8-11(17)4-7-14(13)22-16(19)15(9)10-2-5-12(6-3-10)18(20)21/h2-8,18,20H,1H3. The van der Waals surface area contributed by atoms with Crippen LogP contribution in [0.1, 0.15) is 5.56 Å². The summed E-state index contributed by atoms with van der Waals surface area (Å²) in [5.41, 5.74) is 1.93. The lowest BCUT2D eigenvalue weighted by Crippen LogP contribution is -2.99. The Bertz CT molecular complexity index is 900. The van der Waals surface area contributed by atoms with Gasteiger partial charge in [-0.1, -0.05) is 11.6 Å². The highest BCUT2D eigenvalue weighted by molar-refractivity contribution is 6.31. The van der Waals surface area contributed by atoms with Crippen molar-refractivity contribution in [3.63, 3.8) is 0 Å². The summed E-state index contributed by atoms with van der Waals surface area (Å²) in [6.45, 7) is 1.82. The molecule has 0 saturated carbocycles. The molecule has 1 atom stereocenters. The molecule has 0 spiro atoms. The van der Waals surface area contributed by atoms with Gasteiger partial charge in [-0.15, -0.1) is 0 Å². The van der Waals surface area contributed by atoms with E-state index in [1.54, 1.807) is 30.3 Å². The summed E-state index contributed by atoms with van der Waals surface area (Å²) in [5, 5.41) is 20.1. The Kier molecular flexibility index (Phi) is 3.72. The first kappa shape index (κ1) is 14.7. The van der Waals surface area contributed by atoms with Gasteiger partial charge in [-0.25, -0.2) is 10.0 Å². The second kappa shape index (κ2) is 5.55. The van der Waals surface area contributed by atoms with E-state index in [0.29, 0.717) is 21.7 Å². The molecule has 2 aromatic carbocycles. The van der Waals surface area contributed by atoms with Gasteiger partial charge in [0.2, 0.25) is 0 Å². The van der Waals surface area contributed by atoms with Crippen LogP contribution in [0.3, 0.4) is 0 Å². The first-order chi connectivity index (χ1) is 10.5. The van der Waals surface area contributed by atoms with Gasteiger partial charge in [0, 0.05) is 22.5 Å². The lowest BCUT2D eigenvalue weighted by molar-refractivity contribution is -0.991. The third-order valence-corrected chi connectivity index (χ3v) is 3.78. The van der Waals surface area contributed by atoms with E-state index in [2.05, 4.69) is 0 Å². The van der Waals surface area contributed by atoms with E-state index in [4.69, 9.17) is 21.2 Å². The molecule has 22 heavy (non-hydrogen) atoms. The van der Waals surface area contributed by atoms with Gasteiger partial charge < -0.3 is 9.62 Å². The highest BCUT2D eigenvalue weighted by Gasteiger charge is 2.14. The molecule has 1 unspecified atom stereocenters. The molecule has 0 aliphatic heterocycles. The lowest BCUT2D eigenvalue weighted by atomic mass is 9.99. The molecule has 0 radical (unpaired) electrons. The lowest BCUT2D eigenvalue weighted by Gasteiger charge is -2.12. The Morgan fingerprint density at radius 1 is 1.18 bits per heavy atom.